The SMILES string of the molecule is CC(C)c1cc(-c2ccc(C[C@@H](C#N)CC(=O)[C@@H]3[C@H]4CC[C@H](C4)N3C(=O)OC(C)(C)C)c(F)c2)ccc1S(C)=O. The van der Waals surface area contributed by atoms with Gasteiger partial charge in [0.1, 0.15) is 11.4 Å². The molecule has 2 aliphatic rings. The normalized spacial score (nSPS) is 21.8. The molecule has 0 spiro atoms. The Morgan fingerprint density at radius 1 is 1.15 bits per heavy atom. The number of ether oxygens (including phenoxy) is 1. The highest BCUT2D eigenvalue weighted by molar-refractivity contribution is 7.84. The van der Waals surface area contributed by atoms with Crippen LogP contribution >= 0.6 is 0 Å². The number of benzene rings is 2. The second-order valence-corrected chi connectivity index (χ2v) is 13.8. The third-order valence-electron chi connectivity index (χ3n) is 7.94. The molecule has 6 nitrogen and oxygen atoms in total. The number of halogens is 1. The van der Waals surface area contributed by atoms with Crippen LogP contribution in [0.2, 0.25) is 0 Å². The summed E-state index contributed by atoms with van der Waals surface area (Å²) in [5, 5.41) is 9.86. The van der Waals surface area contributed by atoms with Crippen LogP contribution < -0.4 is 0 Å². The molecule has 2 bridgehead atoms. The monoisotopic (exact) mass is 566 g/mol. The van der Waals surface area contributed by atoms with E-state index < -0.39 is 40.3 Å². The first-order valence-electron chi connectivity index (χ1n) is 14.0. The molecule has 1 amide bonds. The van der Waals surface area contributed by atoms with Gasteiger partial charge >= 0.3 is 6.09 Å². The Morgan fingerprint density at radius 3 is 2.42 bits per heavy atom. The quantitative estimate of drug-likeness (QED) is 0.351. The van der Waals surface area contributed by atoms with Gasteiger partial charge < -0.3 is 4.74 Å². The molecular formula is C32H39FN2O4S. The zero-order valence-electron chi connectivity index (χ0n) is 24.2. The van der Waals surface area contributed by atoms with E-state index in [1.807, 2.05) is 38.1 Å². The highest BCUT2D eigenvalue weighted by atomic mass is 32.2. The molecule has 4 rings (SSSR count). The molecule has 0 N–H and O–H groups in total. The van der Waals surface area contributed by atoms with Gasteiger partial charge in [-0.2, -0.15) is 5.26 Å². The number of piperidine rings is 1. The van der Waals surface area contributed by atoms with Crippen molar-refractivity contribution in [2.75, 3.05) is 6.26 Å². The van der Waals surface area contributed by atoms with Gasteiger partial charge in [-0.1, -0.05) is 32.0 Å². The van der Waals surface area contributed by atoms with Crippen LogP contribution in [-0.2, 0) is 26.8 Å². The first-order valence-corrected chi connectivity index (χ1v) is 15.5. The van der Waals surface area contributed by atoms with Crippen molar-refractivity contribution < 1.29 is 22.9 Å². The second-order valence-electron chi connectivity index (χ2n) is 12.4. The molecule has 1 saturated heterocycles. The largest absolute Gasteiger partial charge is 0.444 e. The molecule has 1 aliphatic heterocycles. The maximum Gasteiger partial charge on any atom is 0.411 e. The summed E-state index contributed by atoms with van der Waals surface area (Å²) in [6.45, 7) is 9.46. The standard InChI is InChI=1S/C32H39FN2O4S/c1-19(2)26-16-21(10-12-29(26)40(6)38)22-7-8-23(27(33)17-22)13-20(18-34)14-28(36)30-24-9-11-25(15-24)35(30)31(37)39-32(3,4)5/h7-8,10,12,16-17,19-20,24-25,30H,9,11,13-15H2,1-6H3/t20-,24+,25-,30+,40?/m1/s1. The van der Waals surface area contributed by atoms with Crippen molar-refractivity contribution in [3.05, 3.63) is 53.3 Å². The molecule has 1 aliphatic carbocycles. The third kappa shape index (κ3) is 6.46. The Labute approximate surface area is 239 Å². The molecule has 2 aromatic rings. The van der Waals surface area contributed by atoms with Crippen molar-refractivity contribution in [1.82, 2.24) is 4.90 Å². The number of hydrogen-bond donors (Lipinski definition) is 0. The Kier molecular flexibility index (Phi) is 8.84. The Balaban J connectivity index is 1.48. The lowest BCUT2D eigenvalue weighted by molar-refractivity contribution is -0.126. The molecule has 2 aromatic carbocycles. The summed E-state index contributed by atoms with van der Waals surface area (Å²) in [5.74, 6) is -1.06. The second kappa shape index (κ2) is 11.8. The molecule has 2 fully saturated rings. The van der Waals surface area contributed by atoms with Crippen LogP contribution in [-0.4, -0.2) is 44.9 Å². The molecule has 1 unspecified atom stereocenters. The van der Waals surface area contributed by atoms with Crippen molar-refractivity contribution in [2.45, 2.75) is 95.2 Å². The predicted molar refractivity (Wildman–Crippen MR) is 154 cm³/mol. The van der Waals surface area contributed by atoms with Crippen LogP contribution in [0.5, 0.6) is 0 Å². The van der Waals surface area contributed by atoms with E-state index in [4.69, 9.17) is 4.74 Å². The summed E-state index contributed by atoms with van der Waals surface area (Å²) in [5.41, 5.74) is 2.19. The summed E-state index contributed by atoms with van der Waals surface area (Å²) in [6.07, 6.45) is 3.73. The van der Waals surface area contributed by atoms with Crippen LogP contribution in [0.25, 0.3) is 11.1 Å². The van der Waals surface area contributed by atoms with Crippen molar-refractivity contribution in [2.24, 2.45) is 11.8 Å². The number of amides is 1. The number of carbonyl (C=O) groups excluding carboxylic acids is 2. The summed E-state index contributed by atoms with van der Waals surface area (Å²) in [4.78, 5) is 28.8. The smallest absolute Gasteiger partial charge is 0.411 e. The molecule has 1 saturated carbocycles. The van der Waals surface area contributed by atoms with E-state index in [1.54, 1.807) is 38.0 Å². The maximum absolute atomic E-state index is 15.3. The third-order valence-corrected chi connectivity index (χ3v) is 8.93. The van der Waals surface area contributed by atoms with Crippen molar-refractivity contribution >= 4 is 22.7 Å². The summed E-state index contributed by atoms with van der Waals surface area (Å²) in [7, 11) is -1.12. The van der Waals surface area contributed by atoms with Gasteiger partial charge in [0.15, 0.2) is 5.78 Å². The van der Waals surface area contributed by atoms with E-state index in [0.29, 0.717) is 11.1 Å². The highest BCUT2D eigenvalue weighted by Gasteiger charge is 2.52. The average Bonchev–Trinajstić information content (AvgIpc) is 3.50. The van der Waals surface area contributed by atoms with Crippen molar-refractivity contribution in [3.63, 3.8) is 0 Å². The lowest BCUT2D eigenvalue weighted by Crippen LogP contribution is -2.51. The van der Waals surface area contributed by atoms with Gasteiger partial charge in [0.2, 0.25) is 0 Å². The van der Waals surface area contributed by atoms with Gasteiger partial charge in [-0.05, 0) is 98.7 Å². The molecule has 1 heterocycles. The van der Waals surface area contributed by atoms with Crippen molar-refractivity contribution in [3.8, 4) is 17.2 Å². The Hall–Kier alpha value is -3.05. The van der Waals surface area contributed by atoms with E-state index >= 15 is 4.39 Å². The molecule has 8 heteroatoms. The first-order chi connectivity index (χ1) is 18.8. The van der Waals surface area contributed by atoms with E-state index in [-0.39, 0.29) is 36.5 Å². The van der Waals surface area contributed by atoms with Gasteiger partial charge in [-0.15, -0.1) is 0 Å². The minimum absolute atomic E-state index is 0.0121. The lowest BCUT2D eigenvalue weighted by Gasteiger charge is -2.35. The van der Waals surface area contributed by atoms with Crippen LogP contribution in [0.3, 0.4) is 0 Å². The minimum atomic E-state index is -1.12. The van der Waals surface area contributed by atoms with Gasteiger partial charge in [-0.3, -0.25) is 13.9 Å². The predicted octanol–water partition coefficient (Wildman–Crippen LogP) is 6.78. The van der Waals surface area contributed by atoms with Gasteiger partial charge in [0.05, 0.1) is 28.8 Å². The Bertz CT molecular complexity index is 1360. The number of carbonyl (C=O) groups is 2. The fourth-order valence-corrected chi connectivity index (χ4v) is 6.99. The molecule has 5 atom stereocenters. The Morgan fingerprint density at radius 2 is 1.82 bits per heavy atom. The molecule has 0 aromatic heterocycles. The van der Waals surface area contributed by atoms with Crippen LogP contribution in [0.15, 0.2) is 41.3 Å². The van der Waals surface area contributed by atoms with Gasteiger partial charge in [0, 0.05) is 23.6 Å². The number of ketones is 1. The lowest BCUT2D eigenvalue weighted by atomic mass is 9.87. The number of nitrogens with zero attached hydrogens (tertiary/aromatic N) is 2. The van der Waals surface area contributed by atoms with E-state index in [2.05, 4.69) is 6.07 Å². The first kappa shape index (κ1) is 29.9. The zero-order valence-corrected chi connectivity index (χ0v) is 25.0. The van der Waals surface area contributed by atoms with Crippen LogP contribution in [0.4, 0.5) is 9.18 Å². The number of nitriles is 1. The topological polar surface area (TPSA) is 87.5 Å². The van der Waals surface area contributed by atoms with E-state index in [1.165, 1.54) is 6.07 Å². The molecule has 214 valence electrons. The van der Waals surface area contributed by atoms with E-state index in [9.17, 15) is 19.1 Å². The zero-order chi connectivity index (χ0) is 29.4. The van der Waals surface area contributed by atoms with Crippen LogP contribution in [0.1, 0.15) is 77.3 Å². The highest BCUT2D eigenvalue weighted by Crippen LogP contribution is 2.44. The fraction of sp³-hybridized carbons (Fsp3) is 0.531. The molecule has 0 radical (unpaired) electrons. The summed E-state index contributed by atoms with van der Waals surface area (Å²) >= 11 is 0. The van der Waals surface area contributed by atoms with E-state index in [0.717, 1.165) is 35.3 Å². The fourth-order valence-electron chi connectivity index (χ4n) is 6.11. The van der Waals surface area contributed by atoms with Crippen LogP contribution in [0, 0.1) is 29.0 Å². The summed E-state index contributed by atoms with van der Waals surface area (Å²) < 4.78 is 33.0. The molecule has 40 heavy (non-hydrogen) atoms. The average molecular weight is 567 g/mol. The number of Topliss-reactive ketones (excluding diaryl/α,β-unsaturated/α-hetero) is 1. The number of hydrogen-bond acceptors (Lipinski definition) is 5. The number of rotatable bonds is 8. The maximum atomic E-state index is 15.3. The number of fused-ring (bicyclic) bond motifs is 2. The van der Waals surface area contributed by atoms with Gasteiger partial charge in [0.25, 0.3) is 0 Å². The van der Waals surface area contributed by atoms with Crippen molar-refractivity contribution in [1.29, 1.82) is 5.26 Å². The summed E-state index contributed by atoms with van der Waals surface area (Å²) in [6, 6.07) is 12.2. The minimum Gasteiger partial charge on any atom is -0.444 e. The number of likely N-dealkylation sites (tertiary alicyclic amines) is 1. The van der Waals surface area contributed by atoms with Gasteiger partial charge in [-0.25, -0.2) is 9.18 Å². The molecular weight excluding hydrogens is 527 g/mol.